The molecule has 25 heavy (non-hydrogen) atoms. The Hall–Kier alpha value is -2.18. The Morgan fingerprint density at radius 2 is 1.96 bits per heavy atom. The number of thioether (sulfide) groups is 1. The summed E-state index contributed by atoms with van der Waals surface area (Å²) in [6, 6.07) is 15.2. The Morgan fingerprint density at radius 3 is 2.68 bits per heavy atom. The molecule has 6 heteroatoms. The zero-order chi connectivity index (χ0) is 18.0. The monoisotopic (exact) mass is 370 g/mol. The van der Waals surface area contributed by atoms with E-state index < -0.39 is 5.25 Å². The molecule has 0 spiro atoms. The molecule has 0 saturated carbocycles. The molecule has 128 valence electrons. The number of hydrogen-bond donors (Lipinski definition) is 1. The van der Waals surface area contributed by atoms with Gasteiger partial charge >= 0.3 is 0 Å². The number of nitrogens with one attached hydrogen (secondary N) is 1. The maximum absolute atomic E-state index is 12.7. The molecule has 2 amide bonds. The predicted octanol–water partition coefficient (Wildman–Crippen LogP) is 4.07. The Labute approximate surface area is 156 Å². The first-order chi connectivity index (χ1) is 12.0. The Balaban J connectivity index is 1.70. The highest BCUT2D eigenvalue weighted by atomic mass is 32.2. The number of aryl methyl sites for hydroxylation is 2. The van der Waals surface area contributed by atoms with Crippen LogP contribution in [0.15, 0.2) is 48.5 Å². The molecule has 1 unspecified atom stereocenters. The molecule has 4 nitrogen and oxygen atoms in total. The molecule has 0 aromatic heterocycles. The van der Waals surface area contributed by atoms with Gasteiger partial charge in [0.05, 0.1) is 5.69 Å². The average Bonchev–Trinajstić information content (AvgIpc) is 2.83. The number of carbonyl (C=O) groups is 2. The summed E-state index contributed by atoms with van der Waals surface area (Å²) in [6.45, 7) is 3.90. The topological polar surface area (TPSA) is 49.4 Å². The van der Waals surface area contributed by atoms with E-state index in [9.17, 15) is 9.59 Å². The molecule has 1 fully saturated rings. The van der Waals surface area contributed by atoms with Gasteiger partial charge in [0.1, 0.15) is 9.57 Å². The zero-order valence-corrected chi connectivity index (χ0v) is 15.6. The normalized spacial score (nSPS) is 17.0. The first-order valence-corrected chi connectivity index (χ1v) is 9.21. The number of anilines is 2. The summed E-state index contributed by atoms with van der Waals surface area (Å²) >= 11 is 6.63. The minimum atomic E-state index is -0.489. The minimum absolute atomic E-state index is 0.0975. The fourth-order valence-electron chi connectivity index (χ4n) is 2.67. The Kier molecular flexibility index (Phi) is 5.20. The first kappa shape index (κ1) is 17.6. The van der Waals surface area contributed by atoms with E-state index in [2.05, 4.69) is 5.32 Å². The molecule has 2 aromatic rings. The number of hydrogen-bond acceptors (Lipinski definition) is 4. The maximum Gasteiger partial charge on any atom is 0.246 e. The lowest BCUT2D eigenvalue weighted by atomic mass is 10.1. The van der Waals surface area contributed by atoms with E-state index in [0.29, 0.717) is 4.32 Å². The van der Waals surface area contributed by atoms with Gasteiger partial charge in [-0.25, -0.2) is 0 Å². The third-order valence-electron chi connectivity index (χ3n) is 3.97. The summed E-state index contributed by atoms with van der Waals surface area (Å²) in [6.07, 6.45) is 0.0975. The highest BCUT2D eigenvalue weighted by Crippen LogP contribution is 2.34. The van der Waals surface area contributed by atoms with Crippen molar-refractivity contribution >= 4 is 51.5 Å². The van der Waals surface area contributed by atoms with Gasteiger partial charge in [-0.2, -0.15) is 0 Å². The summed E-state index contributed by atoms with van der Waals surface area (Å²) in [5.74, 6) is -0.324. The largest absolute Gasteiger partial charge is 0.326 e. The molecule has 1 aliphatic heterocycles. The van der Waals surface area contributed by atoms with Gasteiger partial charge in [-0.3, -0.25) is 14.5 Å². The molecule has 1 saturated heterocycles. The number of para-hydroxylation sites is 1. The molecular formula is C19H18N2O2S2. The van der Waals surface area contributed by atoms with Crippen LogP contribution >= 0.6 is 24.0 Å². The van der Waals surface area contributed by atoms with Gasteiger partial charge in [0.2, 0.25) is 11.8 Å². The van der Waals surface area contributed by atoms with Gasteiger partial charge in [-0.15, -0.1) is 0 Å². The van der Waals surface area contributed by atoms with Crippen LogP contribution in [0.4, 0.5) is 11.4 Å². The number of benzene rings is 2. The van der Waals surface area contributed by atoms with Gasteiger partial charge in [-0.05, 0) is 43.2 Å². The van der Waals surface area contributed by atoms with E-state index in [-0.39, 0.29) is 18.2 Å². The number of nitrogens with zero attached hydrogens (tertiary/aromatic N) is 1. The van der Waals surface area contributed by atoms with Gasteiger partial charge < -0.3 is 5.32 Å². The van der Waals surface area contributed by atoms with E-state index >= 15 is 0 Å². The Morgan fingerprint density at radius 1 is 1.20 bits per heavy atom. The van der Waals surface area contributed by atoms with Crippen LogP contribution in [0, 0.1) is 13.8 Å². The van der Waals surface area contributed by atoms with Gasteiger partial charge in [0.25, 0.3) is 0 Å². The van der Waals surface area contributed by atoms with E-state index in [1.165, 1.54) is 16.7 Å². The number of thiocarbonyl (C=S) groups is 1. The van der Waals surface area contributed by atoms with Gasteiger partial charge in [0.15, 0.2) is 0 Å². The minimum Gasteiger partial charge on any atom is -0.326 e. The summed E-state index contributed by atoms with van der Waals surface area (Å²) in [5.41, 5.74) is 3.56. The van der Waals surface area contributed by atoms with E-state index in [1.54, 1.807) is 0 Å². The number of carbonyl (C=O) groups excluding carboxylic acids is 2. The van der Waals surface area contributed by atoms with Crippen LogP contribution in [0.25, 0.3) is 0 Å². The van der Waals surface area contributed by atoms with Crippen molar-refractivity contribution in [2.75, 3.05) is 10.2 Å². The average molecular weight is 370 g/mol. The van der Waals surface area contributed by atoms with Crippen molar-refractivity contribution in [3.8, 4) is 0 Å². The molecule has 0 aliphatic carbocycles. The molecule has 1 heterocycles. The molecule has 1 N–H and O–H groups in total. The molecule has 0 radical (unpaired) electrons. The summed E-state index contributed by atoms with van der Waals surface area (Å²) in [4.78, 5) is 26.6. The molecule has 1 atom stereocenters. The van der Waals surface area contributed by atoms with Crippen molar-refractivity contribution in [2.24, 2.45) is 0 Å². The smallest absolute Gasteiger partial charge is 0.246 e. The lowest BCUT2D eigenvalue weighted by Crippen LogP contribution is -2.32. The Bertz CT molecular complexity index is 851. The summed E-state index contributed by atoms with van der Waals surface area (Å²) in [5, 5.41) is 2.38. The predicted molar refractivity (Wildman–Crippen MR) is 107 cm³/mol. The fourth-order valence-corrected chi connectivity index (χ4v) is 4.20. The molecule has 0 bridgehead atoms. The molecular weight excluding hydrogens is 352 g/mol. The highest BCUT2D eigenvalue weighted by molar-refractivity contribution is 8.25. The highest BCUT2D eigenvalue weighted by Gasteiger charge is 2.39. The lowest BCUT2D eigenvalue weighted by Gasteiger charge is -2.16. The van der Waals surface area contributed by atoms with Crippen LogP contribution in [0.2, 0.25) is 0 Å². The third kappa shape index (κ3) is 3.91. The van der Waals surface area contributed by atoms with Crippen molar-refractivity contribution < 1.29 is 9.59 Å². The van der Waals surface area contributed by atoms with Crippen molar-refractivity contribution in [1.29, 1.82) is 0 Å². The van der Waals surface area contributed by atoms with Crippen molar-refractivity contribution in [2.45, 2.75) is 25.5 Å². The standard InChI is InChI=1S/C19H18N2O2S2/c1-12-6-5-8-14(10-12)21-18(23)16(25-19(21)24)11-17(22)20-15-9-4-3-7-13(15)2/h3-10,16H,11H2,1-2H3,(H,20,22). The van der Waals surface area contributed by atoms with Crippen LogP contribution in [0.3, 0.4) is 0 Å². The fraction of sp³-hybridized carbons (Fsp3) is 0.211. The van der Waals surface area contributed by atoms with Crippen LogP contribution in [-0.2, 0) is 9.59 Å². The second-order valence-corrected chi connectivity index (χ2v) is 7.79. The second-order valence-electron chi connectivity index (χ2n) is 5.95. The van der Waals surface area contributed by atoms with Crippen LogP contribution in [-0.4, -0.2) is 21.4 Å². The van der Waals surface area contributed by atoms with Crippen molar-refractivity contribution in [3.63, 3.8) is 0 Å². The van der Waals surface area contributed by atoms with Crippen molar-refractivity contribution in [1.82, 2.24) is 0 Å². The van der Waals surface area contributed by atoms with E-state index in [0.717, 1.165) is 22.5 Å². The van der Waals surface area contributed by atoms with Crippen molar-refractivity contribution in [3.05, 3.63) is 59.7 Å². The quantitative estimate of drug-likeness (QED) is 0.825. The van der Waals surface area contributed by atoms with Crippen LogP contribution in [0.1, 0.15) is 17.5 Å². The van der Waals surface area contributed by atoms with Gasteiger partial charge in [0, 0.05) is 12.1 Å². The van der Waals surface area contributed by atoms with E-state index in [4.69, 9.17) is 12.2 Å². The molecule has 1 aliphatic rings. The third-order valence-corrected chi connectivity index (χ3v) is 5.48. The van der Waals surface area contributed by atoms with Gasteiger partial charge in [-0.1, -0.05) is 54.3 Å². The summed E-state index contributed by atoms with van der Waals surface area (Å²) < 4.78 is 0.490. The zero-order valence-electron chi connectivity index (χ0n) is 14.0. The maximum atomic E-state index is 12.7. The SMILES string of the molecule is Cc1cccc(N2C(=O)C(CC(=O)Nc3ccccc3C)SC2=S)c1. The first-order valence-electron chi connectivity index (χ1n) is 7.92. The van der Waals surface area contributed by atoms with E-state index in [1.807, 2.05) is 62.4 Å². The second kappa shape index (κ2) is 7.37. The number of amides is 2. The van der Waals surface area contributed by atoms with Crippen LogP contribution < -0.4 is 10.2 Å². The molecule has 3 rings (SSSR count). The van der Waals surface area contributed by atoms with Crippen LogP contribution in [0.5, 0.6) is 0 Å². The lowest BCUT2D eigenvalue weighted by molar-refractivity contribution is -0.121. The number of rotatable bonds is 4. The molecule has 2 aromatic carbocycles. The summed E-state index contributed by atoms with van der Waals surface area (Å²) in [7, 11) is 0.